The van der Waals surface area contributed by atoms with Crippen molar-refractivity contribution in [1.82, 2.24) is 10.6 Å². The van der Waals surface area contributed by atoms with Crippen LogP contribution < -0.4 is 10.6 Å². The van der Waals surface area contributed by atoms with Gasteiger partial charge in [-0.05, 0) is 60.3 Å². The Morgan fingerprint density at radius 1 is 0.900 bits per heavy atom. The lowest BCUT2D eigenvalue weighted by Gasteiger charge is -2.17. The van der Waals surface area contributed by atoms with Crippen LogP contribution in [0.3, 0.4) is 0 Å². The van der Waals surface area contributed by atoms with Crippen LogP contribution in [0.15, 0.2) is 34.9 Å². The molecular formula is C23H38N2O4S. The van der Waals surface area contributed by atoms with E-state index in [1.807, 2.05) is 0 Å². The second-order valence-corrected chi connectivity index (χ2v) is 8.89. The zero-order valence-corrected chi connectivity index (χ0v) is 20.0. The number of hydrogen-bond donors (Lipinski definition) is 3. The number of nitrogens with one attached hydrogen (secondary N) is 2. The van der Waals surface area contributed by atoms with Gasteiger partial charge in [0.15, 0.2) is 0 Å². The van der Waals surface area contributed by atoms with E-state index in [1.165, 1.54) is 42.3 Å². The van der Waals surface area contributed by atoms with Gasteiger partial charge in [-0.25, -0.2) is 4.79 Å². The summed E-state index contributed by atoms with van der Waals surface area (Å²) in [6.07, 6.45) is 10.8. The molecule has 0 unspecified atom stereocenters. The first-order chi connectivity index (χ1) is 14.0. The lowest BCUT2D eigenvalue weighted by Crippen LogP contribution is -2.50. The van der Waals surface area contributed by atoms with Crippen LogP contribution in [0.5, 0.6) is 0 Å². The number of allylic oxidation sites excluding steroid dienone is 5. The maximum Gasteiger partial charge on any atom is 0.327 e. The Morgan fingerprint density at radius 2 is 1.47 bits per heavy atom. The molecule has 0 spiro atoms. The topological polar surface area (TPSA) is 95.5 Å². The number of hydrogen-bond acceptors (Lipinski definition) is 4. The minimum Gasteiger partial charge on any atom is -0.480 e. The number of carboxylic acids is 1. The van der Waals surface area contributed by atoms with Gasteiger partial charge in [0.2, 0.25) is 11.8 Å². The molecule has 0 radical (unpaired) electrons. The molecule has 7 heteroatoms. The first kappa shape index (κ1) is 28.0. The van der Waals surface area contributed by atoms with Crippen molar-refractivity contribution in [2.24, 2.45) is 0 Å². The normalized spacial score (nSPS) is 13.9. The summed E-state index contributed by atoms with van der Waals surface area (Å²) in [5.74, 6) is -0.966. The lowest BCUT2D eigenvalue weighted by molar-refractivity contribution is -0.141. The maximum absolute atomic E-state index is 12.0. The van der Waals surface area contributed by atoms with Crippen LogP contribution in [0, 0.1) is 0 Å². The summed E-state index contributed by atoms with van der Waals surface area (Å²) in [6, 6.07) is -1.76. The predicted molar refractivity (Wildman–Crippen MR) is 126 cm³/mol. The number of carboxylic acid groups (broad SMARTS) is 1. The Kier molecular flexibility index (Phi) is 14.7. The van der Waals surface area contributed by atoms with Crippen molar-refractivity contribution in [2.45, 2.75) is 79.3 Å². The van der Waals surface area contributed by atoms with Crippen LogP contribution in [0.1, 0.15) is 67.2 Å². The molecule has 170 valence electrons. The quantitative estimate of drug-likeness (QED) is 0.279. The van der Waals surface area contributed by atoms with E-state index in [0.29, 0.717) is 5.75 Å². The molecule has 0 bridgehead atoms. The minimum atomic E-state index is -1.08. The molecule has 3 N–H and O–H groups in total. The van der Waals surface area contributed by atoms with E-state index in [0.717, 1.165) is 25.7 Å². The van der Waals surface area contributed by atoms with Gasteiger partial charge in [0.25, 0.3) is 0 Å². The Hall–Kier alpha value is -2.02. The molecule has 0 aliphatic rings. The van der Waals surface area contributed by atoms with Crippen molar-refractivity contribution in [3.8, 4) is 0 Å². The summed E-state index contributed by atoms with van der Waals surface area (Å²) in [5.41, 5.74) is 4.03. The largest absolute Gasteiger partial charge is 0.480 e. The number of rotatable bonds is 14. The maximum atomic E-state index is 12.0. The summed E-state index contributed by atoms with van der Waals surface area (Å²) in [6.45, 7) is 11.3. The number of carbonyl (C=O) groups excluding carboxylic acids is 2. The second-order valence-electron chi connectivity index (χ2n) is 7.82. The third-order valence-electron chi connectivity index (χ3n) is 4.38. The summed E-state index contributed by atoms with van der Waals surface area (Å²) >= 11 is 1.46. The average molecular weight is 439 g/mol. The van der Waals surface area contributed by atoms with Gasteiger partial charge in [0.1, 0.15) is 12.1 Å². The van der Waals surface area contributed by atoms with Gasteiger partial charge in [0, 0.05) is 18.4 Å². The Morgan fingerprint density at radius 3 is 2.00 bits per heavy atom. The Labute approximate surface area is 185 Å². The predicted octanol–water partition coefficient (Wildman–Crippen LogP) is 4.23. The van der Waals surface area contributed by atoms with Gasteiger partial charge in [0.05, 0.1) is 0 Å². The molecule has 2 atom stereocenters. The van der Waals surface area contributed by atoms with Crippen molar-refractivity contribution < 1.29 is 19.5 Å². The number of thioether (sulfide) groups is 1. The highest BCUT2D eigenvalue weighted by Crippen LogP contribution is 2.13. The molecule has 0 saturated heterocycles. The van der Waals surface area contributed by atoms with Crippen molar-refractivity contribution in [1.29, 1.82) is 0 Å². The van der Waals surface area contributed by atoms with E-state index in [1.54, 1.807) is 0 Å². The van der Waals surface area contributed by atoms with E-state index in [-0.39, 0.29) is 11.7 Å². The van der Waals surface area contributed by atoms with Gasteiger partial charge in [-0.15, -0.1) is 0 Å². The summed E-state index contributed by atoms with van der Waals surface area (Å²) < 4.78 is 0. The summed E-state index contributed by atoms with van der Waals surface area (Å²) in [4.78, 5) is 34.4. The highest BCUT2D eigenvalue weighted by atomic mass is 32.2. The monoisotopic (exact) mass is 438 g/mol. The second kappa shape index (κ2) is 15.8. The van der Waals surface area contributed by atoms with Gasteiger partial charge < -0.3 is 15.7 Å². The molecule has 0 heterocycles. The van der Waals surface area contributed by atoms with Crippen LogP contribution in [0.25, 0.3) is 0 Å². The fourth-order valence-corrected chi connectivity index (χ4v) is 3.57. The van der Waals surface area contributed by atoms with Gasteiger partial charge in [-0.1, -0.05) is 34.9 Å². The van der Waals surface area contributed by atoms with Crippen LogP contribution in [-0.4, -0.2) is 46.5 Å². The van der Waals surface area contributed by atoms with Gasteiger partial charge >= 0.3 is 5.97 Å². The SMILES string of the molecule is CC(=O)N[C@H](C)C(=O)N[C@@H](CSCC=C(C)CCC=C(C)CCC=C(C)C)C(=O)O. The molecule has 0 aromatic heterocycles. The van der Waals surface area contributed by atoms with Crippen molar-refractivity contribution >= 4 is 29.5 Å². The van der Waals surface area contributed by atoms with Crippen LogP contribution in [-0.2, 0) is 14.4 Å². The number of aliphatic carboxylic acids is 1. The average Bonchev–Trinajstić information content (AvgIpc) is 2.62. The molecule has 0 aliphatic carbocycles. The molecule has 0 rings (SSSR count). The molecule has 0 fully saturated rings. The van der Waals surface area contributed by atoms with Crippen LogP contribution in [0.4, 0.5) is 0 Å². The van der Waals surface area contributed by atoms with E-state index in [2.05, 4.69) is 56.6 Å². The fraction of sp³-hybridized carbons (Fsp3) is 0.609. The fourth-order valence-electron chi connectivity index (χ4n) is 2.57. The molecule has 0 aromatic rings. The van der Waals surface area contributed by atoms with Crippen molar-refractivity contribution in [2.75, 3.05) is 11.5 Å². The van der Waals surface area contributed by atoms with Crippen LogP contribution in [0.2, 0.25) is 0 Å². The van der Waals surface area contributed by atoms with E-state index in [9.17, 15) is 19.5 Å². The summed E-state index contributed by atoms with van der Waals surface area (Å²) in [7, 11) is 0. The zero-order chi connectivity index (χ0) is 23.1. The van der Waals surface area contributed by atoms with Gasteiger partial charge in [-0.2, -0.15) is 11.8 Å². The molecule has 0 aromatic carbocycles. The highest BCUT2D eigenvalue weighted by Gasteiger charge is 2.23. The molecule has 0 saturated carbocycles. The van der Waals surface area contributed by atoms with E-state index >= 15 is 0 Å². The van der Waals surface area contributed by atoms with E-state index in [4.69, 9.17) is 0 Å². The number of amides is 2. The van der Waals surface area contributed by atoms with Crippen LogP contribution >= 0.6 is 11.8 Å². The zero-order valence-electron chi connectivity index (χ0n) is 19.2. The molecular weight excluding hydrogens is 400 g/mol. The third kappa shape index (κ3) is 14.9. The van der Waals surface area contributed by atoms with Gasteiger partial charge in [-0.3, -0.25) is 9.59 Å². The standard InChI is InChI=1S/C23H38N2O4S/c1-16(2)9-7-10-17(3)11-8-12-18(4)13-14-30-15-21(23(28)29)25-22(27)19(5)24-20(6)26/h9,11,13,19,21H,7-8,10,12,14-15H2,1-6H3,(H,24,26)(H,25,27)(H,28,29)/t19-,21+/m1/s1. The molecule has 0 aliphatic heterocycles. The highest BCUT2D eigenvalue weighted by molar-refractivity contribution is 7.99. The summed E-state index contributed by atoms with van der Waals surface area (Å²) in [5, 5.41) is 14.2. The first-order valence-corrected chi connectivity index (χ1v) is 11.5. The molecule has 6 nitrogen and oxygen atoms in total. The molecule has 2 amide bonds. The van der Waals surface area contributed by atoms with Crippen molar-refractivity contribution in [3.05, 3.63) is 34.9 Å². The number of carbonyl (C=O) groups is 3. The minimum absolute atomic E-state index is 0.265. The molecule has 30 heavy (non-hydrogen) atoms. The Balaban J connectivity index is 4.31. The Bertz CT molecular complexity index is 664. The smallest absolute Gasteiger partial charge is 0.327 e. The van der Waals surface area contributed by atoms with Crippen molar-refractivity contribution in [3.63, 3.8) is 0 Å². The third-order valence-corrected chi connectivity index (χ3v) is 5.36. The van der Waals surface area contributed by atoms with E-state index < -0.39 is 24.0 Å². The first-order valence-electron chi connectivity index (χ1n) is 10.4. The lowest BCUT2D eigenvalue weighted by atomic mass is 10.1.